The Bertz CT molecular complexity index is 189. The fourth-order valence-electron chi connectivity index (χ4n) is 1.67. The van der Waals surface area contributed by atoms with Crippen molar-refractivity contribution in [3.8, 4) is 0 Å². The van der Waals surface area contributed by atoms with Crippen molar-refractivity contribution in [3.63, 3.8) is 0 Å². The average molecular weight is 216 g/mol. The van der Waals surface area contributed by atoms with Crippen molar-refractivity contribution in [1.82, 2.24) is 10.6 Å². The van der Waals surface area contributed by atoms with Gasteiger partial charge in [0.05, 0.1) is 12.5 Å². The normalized spacial score (nSPS) is 21.7. The number of ether oxygens (including phenoxy) is 2. The molecule has 88 valence electrons. The molecule has 0 saturated carbocycles. The molecule has 5 heteroatoms. The Labute approximate surface area is 90.5 Å². The first-order valence-electron chi connectivity index (χ1n) is 5.32. The maximum Gasteiger partial charge on any atom is 0.224 e. The highest BCUT2D eigenvalue weighted by Gasteiger charge is 2.21. The number of hydrogen-bond acceptors (Lipinski definition) is 4. The van der Waals surface area contributed by atoms with Gasteiger partial charge in [-0.15, -0.1) is 0 Å². The van der Waals surface area contributed by atoms with Gasteiger partial charge >= 0.3 is 0 Å². The molecule has 5 nitrogen and oxygen atoms in total. The van der Waals surface area contributed by atoms with Gasteiger partial charge in [-0.3, -0.25) is 4.79 Å². The van der Waals surface area contributed by atoms with Gasteiger partial charge in [-0.05, 0) is 19.4 Å². The van der Waals surface area contributed by atoms with Crippen LogP contribution in [0.4, 0.5) is 0 Å². The second-order valence-corrected chi connectivity index (χ2v) is 3.69. The number of amides is 1. The van der Waals surface area contributed by atoms with E-state index in [4.69, 9.17) is 9.47 Å². The third kappa shape index (κ3) is 4.15. The van der Waals surface area contributed by atoms with Gasteiger partial charge in [-0.25, -0.2) is 0 Å². The van der Waals surface area contributed by atoms with E-state index in [1.807, 2.05) is 0 Å². The van der Waals surface area contributed by atoms with Crippen molar-refractivity contribution in [2.45, 2.75) is 19.1 Å². The highest BCUT2D eigenvalue weighted by atomic mass is 16.7. The van der Waals surface area contributed by atoms with Crippen LogP contribution in [0.2, 0.25) is 0 Å². The van der Waals surface area contributed by atoms with Crippen LogP contribution < -0.4 is 10.6 Å². The van der Waals surface area contributed by atoms with Crippen molar-refractivity contribution in [1.29, 1.82) is 0 Å². The third-order valence-electron chi connectivity index (χ3n) is 2.64. The van der Waals surface area contributed by atoms with Gasteiger partial charge in [0.1, 0.15) is 0 Å². The predicted octanol–water partition coefficient (Wildman–Crippen LogP) is -0.279. The first kappa shape index (κ1) is 12.4. The highest BCUT2D eigenvalue weighted by molar-refractivity contribution is 5.78. The lowest BCUT2D eigenvalue weighted by molar-refractivity contribution is -0.131. The lowest BCUT2D eigenvalue weighted by Gasteiger charge is -2.23. The van der Waals surface area contributed by atoms with Gasteiger partial charge in [0.2, 0.25) is 5.91 Å². The molecule has 1 rings (SSSR count). The Hall–Kier alpha value is -0.650. The quantitative estimate of drug-likeness (QED) is 0.621. The molecule has 0 aromatic heterocycles. The fourth-order valence-corrected chi connectivity index (χ4v) is 1.67. The lowest BCUT2D eigenvalue weighted by Crippen LogP contribution is -2.43. The second kappa shape index (κ2) is 6.76. The summed E-state index contributed by atoms with van der Waals surface area (Å²) in [6, 6.07) is 0. The monoisotopic (exact) mass is 216 g/mol. The Kier molecular flexibility index (Phi) is 5.60. The number of rotatable bonds is 5. The third-order valence-corrected chi connectivity index (χ3v) is 2.64. The zero-order chi connectivity index (χ0) is 11.1. The van der Waals surface area contributed by atoms with Crippen molar-refractivity contribution >= 4 is 5.91 Å². The van der Waals surface area contributed by atoms with Crippen molar-refractivity contribution < 1.29 is 14.3 Å². The molecule has 0 spiro atoms. The SMILES string of the molecule is COC(CNC(=O)[C@H]1CCCNC1)OC. The summed E-state index contributed by atoms with van der Waals surface area (Å²) in [5.41, 5.74) is 0. The van der Waals surface area contributed by atoms with E-state index in [2.05, 4.69) is 10.6 Å². The Morgan fingerprint density at radius 2 is 2.27 bits per heavy atom. The smallest absolute Gasteiger partial charge is 0.224 e. The van der Waals surface area contributed by atoms with Gasteiger partial charge in [-0.2, -0.15) is 0 Å². The van der Waals surface area contributed by atoms with Crippen LogP contribution in [-0.2, 0) is 14.3 Å². The van der Waals surface area contributed by atoms with Crippen LogP contribution >= 0.6 is 0 Å². The molecule has 1 atom stereocenters. The highest BCUT2D eigenvalue weighted by Crippen LogP contribution is 2.09. The van der Waals surface area contributed by atoms with Crippen molar-refractivity contribution in [3.05, 3.63) is 0 Å². The zero-order valence-electron chi connectivity index (χ0n) is 9.41. The summed E-state index contributed by atoms with van der Waals surface area (Å²) >= 11 is 0. The van der Waals surface area contributed by atoms with E-state index >= 15 is 0 Å². The summed E-state index contributed by atoms with van der Waals surface area (Å²) in [4.78, 5) is 11.7. The molecular formula is C10H20N2O3. The van der Waals surface area contributed by atoms with Gasteiger partial charge in [0.25, 0.3) is 0 Å². The lowest BCUT2D eigenvalue weighted by atomic mass is 9.99. The molecule has 15 heavy (non-hydrogen) atoms. The standard InChI is InChI=1S/C10H20N2O3/c1-14-9(15-2)7-12-10(13)8-4-3-5-11-6-8/h8-9,11H,3-7H2,1-2H3,(H,12,13)/t8-/m0/s1. The van der Waals surface area contributed by atoms with E-state index in [0.29, 0.717) is 6.54 Å². The molecule has 0 unspecified atom stereocenters. The maximum atomic E-state index is 11.7. The molecule has 1 aliphatic heterocycles. The van der Waals surface area contributed by atoms with E-state index in [-0.39, 0.29) is 18.1 Å². The number of hydrogen-bond donors (Lipinski definition) is 2. The van der Waals surface area contributed by atoms with Crippen molar-refractivity contribution in [2.75, 3.05) is 33.9 Å². The summed E-state index contributed by atoms with van der Waals surface area (Å²) < 4.78 is 9.97. The topological polar surface area (TPSA) is 59.6 Å². The summed E-state index contributed by atoms with van der Waals surface area (Å²) in [6.45, 7) is 2.20. The molecule has 1 heterocycles. The minimum atomic E-state index is -0.356. The number of methoxy groups -OCH3 is 2. The van der Waals surface area contributed by atoms with Gasteiger partial charge in [0.15, 0.2) is 6.29 Å². The first-order valence-corrected chi connectivity index (χ1v) is 5.32. The molecule has 0 aromatic rings. The van der Waals surface area contributed by atoms with Crippen LogP contribution in [-0.4, -0.2) is 46.1 Å². The van der Waals surface area contributed by atoms with Gasteiger partial charge in [0, 0.05) is 20.8 Å². The van der Waals surface area contributed by atoms with Crippen molar-refractivity contribution in [2.24, 2.45) is 5.92 Å². The average Bonchev–Trinajstić information content (AvgIpc) is 2.31. The maximum absolute atomic E-state index is 11.7. The van der Waals surface area contributed by atoms with E-state index < -0.39 is 0 Å². The minimum Gasteiger partial charge on any atom is -0.354 e. The van der Waals surface area contributed by atoms with Gasteiger partial charge in [-0.1, -0.05) is 0 Å². The Morgan fingerprint density at radius 1 is 1.53 bits per heavy atom. The van der Waals surface area contributed by atoms with Gasteiger partial charge < -0.3 is 20.1 Å². The van der Waals surface area contributed by atoms with Crippen LogP contribution in [0.3, 0.4) is 0 Å². The molecule has 1 saturated heterocycles. The molecule has 1 aliphatic rings. The molecule has 2 N–H and O–H groups in total. The summed E-state index contributed by atoms with van der Waals surface area (Å²) in [5.74, 6) is 0.175. The van der Waals surface area contributed by atoms with Crippen LogP contribution in [0.15, 0.2) is 0 Å². The molecule has 1 fully saturated rings. The van der Waals surface area contributed by atoms with E-state index in [1.165, 1.54) is 0 Å². The predicted molar refractivity (Wildman–Crippen MR) is 56.4 cm³/mol. The molecular weight excluding hydrogens is 196 g/mol. The second-order valence-electron chi connectivity index (χ2n) is 3.69. The fraction of sp³-hybridized carbons (Fsp3) is 0.900. The summed E-state index contributed by atoms with van der Waals surface area (Å²) in [6.07, 6.45) is 1.67. The first-order chi connectivity index (χ1) is 7.27. The van der Waals surface area contributed by atoms with Crippen LogP contribution in [0.1, 0.15) is 12.8 Å². The number of carbonyl (C=O) groups is 1. The van der Waals surface area contributed by atoms with E-state index in [9.17, 15) is 4.79 Å². The largest absolute Gasteiger partial charge is 0.354 e. The number of carbonyl (C=O) groups excluding carboxylic acids is 1. The molecule has 0 aliphatic carbocycles. The van der Waals surface area contributed by atoms with E-state index in [0.717, 1.165) is 25.9 Å². The summed E-state index contributed by atoms with van der Waals surface area (Å²) in [7, 11) is 3.12. The van der Waals surface area contributed by atoms with E-state index in [1.54, 1.807) is 14.2 Å². The summed E-state index contributed by atoms with van der Waals surface area (Å²) in [5, 5.41) is 6.03. The molecule has 1 amide bonds. The van der Waals surface area contributed by atoms with Crippen LogP contribution in [0.25, 0.3) is 0 Å². The zero-order valence-corrected chi connectivity index (χ0v) is 9.41. The molecule has 0 radical (unpaired) electrons. The van der Waals surface area contributed by atoms with Crippen LogP contribution in [0, 0.1) is 5.92 Å². The molecule has 0 aromatic carbocycles. The Balaban J connectivity index is 2.22. The minimum absolute atomic E-state index is 0.0845. The van der Waals surface area contributed by atoms with Crippen LogP contribution in [0.5, 0.6) is 0 Å². The Morgan fingerprint density at radius 3 is 2.80 bits per heavy atom. The molecule has 0 bridgehead atoms. The number of nitrogens with one attached hydrogen (secondary N) is 2. The number of piperidine rings is 1.